The Kier molecular flexibility index (Phi) is 2.62. The van der Waals surface area contributed by atoms with Crippen molar-refractivity contribution in [1.82, 2.24) is 0 Å². The Labute approximate surface area is 91.6 Å². The van der Waals surface area contributed by atoms with Gasteiger partial charge in [-0.3, -0.25) is 0 Å². The molecule has 0 bridgehead atoms. The van der Waals surface area contributed by atoms with Crippen LogP contribution in [0.15, 0.2) is 22.7 Å². The van der Waals surface area contributed by atoms with E-state index < -0.39 is 0 Å². The molecule has 1 nitrogen and oxygen atoms in total. The summed E-state index contributed by atoms with van der Waals surface area (Å²) in [6, 6.07) is 5.20. The first-order chi connectivity index (χ1) is 6.69. The largest absolute Gasteiger partial charge is 0.330 e. The standard InChI is InChI=1S/C11H13BrFN/c12-10-8(3-1-4-9(10)13)11(7-14)5-2-6-11/h1,3-4H,2,5-7,14H2. The molecule has 0 heterocycles. The molecule has 0 atom stereocenters. The van der Waals surface area contributed by atoms with Crippen molar-refractivity contribution >= 4 is 15.9 Å². The van der Waals surface area contributed by atoms with Crippen LogP contribution >= 0.6 is 15.9 Å². The number of nitrogens with two attached hydrogens (primary N) is 1. The first-order valence-electron chi connectivity index (χ1n) is 4.84. The van der Waals surface area contributed by atoms with Gasteiger partial charge in [-0.2, -0.15) is 0 Å². The summed E-state index contributed by atoms with van der Waals surface area (Å²) in [6.45, 7) is 0.606. The van der Waals surface area contributed by atoms with Gasteiger partial charge in [-0.25, -0.2) is 4.39 Å². The van der Waals surface area contributed by atoms with Crippen molar-refractivity contribution in [2.45, 2.75) is 24.7 Å². The number of hydrogen-bond acceptors (Lipinski definition) is 1. The van der Waals surface area contributed by atoms with Crippen LogP contribution in [0.3, 0.4) is 0 Å². The number of benzene rings is 1. The smallest absolute Gasteiger partial charge is 0.137 e. The highest BCUT2D eigenvalue weighted by molar-refractivity contribution is 9.10. The maximum atomic E-state index is 13.3. The third-order valence-corrected chi connectivity index (χ3v) is 4.03. The van der Waals surface area contributed by atoms with E-state index in [-0.39, 0.29) is 11.2 Å². The van der Waals surface area contributed by atoms with Crippen LogP contribution in [0.2, 0.25) is 0 Å². The summed E-state index contributed by atoms with van der Waals surface area (Å²) in [6.07, 6.45) is 3.34. The average molecular weight is 258 g/mol. The highest BCUT2D eigenvalue weighted by atomic mass is 79.9. The fourth-order valence-electron chi connectivity index (χ4n) is 2.10. The lowest BCUT2D eigenvalue weighted by molar-refractivity contribution is 0.251. The van der Waals surface area contributed by atoms with E-state index in [1.54, 1.807) is 6.07 Å². The van der Waals surface area contributed by atoms with Gasteiger partial charge in [0.2, 0.25) is 0 Å². The highest BCUT2D eigenvalue weighted by Gasteiger charge is 2.38. The van der Waals surface area contributed by atoms with Crippen molar-refractivity contribution in [3.05, 3.63) is 34.1 Å². The summed E-state index contributed by atoms with van der Waals surface area (Å²) in [5.41, 5.74) is 6.84. The summed E-state index contributed by atoms with van der Waals surface area (Å²) < 4.78 is 13.9. The third-order valence-electron chi connectivity index (χ3n) is 3.22. The minimum atomic E-state index is -0.192. The zero-order valence-corrected chi connectivity index (χ0v) is 9.48. The summed E-state index contributed by atoms with van der Waals surface area (Å²) in [4.78, 5) is 0. The fraction of sp³-hybridized carbons (Fsp3) is 0.455. The second-order valence-corrected chi connectivity index (χ2v) is 4.73. The Bertz CT molecular complexity index is 342. The van der Waals surface area contributed by atoms with Gasteiger partial charge in [0.15, 0.2) is 0 Å². The zero-order valence-electron chi connectivity index (χ0n) is 7.89. The third kappa shape index (κ3) is 1.39. The van der Waals surface area contributed by atoms with Gasteiger partial charge in [-0.15, -0.1) is 0 Å². The van der Waals surface area contributed by atoms with Crippen LogP contribution in [-0.4, -0.2) is 6.54 Å². The Balaban J connectivity index is 2.45. The van der Waals surface area contributed by atoms with Crippen molar-refractivity contribution in [2.75, 3.05) is 6.54 Å². The molecule has 14 heavy (non-hydrogen) atoms. The molecule has 1 saturated carbocycles. The molecule has 0 unspecified atom stereocenters. The average Bonchev–Trinajstić information content (AvgIpc) is 2.11. The van der Waals surface area contributed by atoms with Crippen LogP contribution in [0.4, 0.5) is 4.39 Å². The molecule has 0 spiro atoms. The fourth-order valence-corrected chi connectivity index (χ4v) is 2.79. The van der Waals surface area contributed by atoms with Crippen molar-refractivity contribution in [3.63, 3.8) is 0 Å². The number of hydrogen-bond donors (Lipinski definition) is 1. The molecule has 1 aromatic rings. The molecule has 3 heteroatoms. The summed E-state index contributed by atoms with van der Waals surface area (Å²) in [5, 5.41) is 0. The van der Waals surface area contributed by atoms with Crippen molar-refractivity contribution < 1.29 is 4.39 Å². The lowest BCUT2D eigenvalue weighted by Gasteiger charge is -2.42. The van der Waals surface area contributed by atoms with E-state index in [0.29, 0.717) is 11.0 Å². The molecule has 0 amide bonds. The van der Waals surface area contributed by atoms with Crippen LogP contribution in [-0.2, 0) is 5.41 Å². The molecule has 1 aliphatic rings. The summed E-state index contributed by atoms with van der Waals surface area (Å²) in [7, 11) is 0. The lowest BCUT2D eigenvalue weighted by Crippen LogP contribution is -2.41. The SMILES string of the molecule is NCC1(c2cccc(F)c2Br)CCC1. The molecule has 0 saturated heterocycles. The maximum absolute atomic E-state index is 13.3. The van der Waals surface area contributed by atoms with Crippen LogP contribution in [0, 0.1) is 5.82 Å². The van der Waals surface area contributed by atoms with E-state index >= 15 is 0 Å². The van der Waals surface area contributed by atoms with Crippen LogP contribution in [0.25, 0.3) is 0 Å². The van der Waals surface area contributed by atoms with E-state index in [4.69, 9.17) is 5.73 Å². The van der Waals surface area contributed by atoms with Gasteiger partial charge >= 0.3 is 0 Å². The molecule has 0 radical (unpaired) electrons. The van der Waals surface area contributed by atoms with Crippen molar-refractivity contribution in [1.29, 1.82) is 0 Å². The van der Waals surface area contributed by atoms with Gasteiger partial charge in [-0.1, -0.05) is 18.6 Å². The van der Waals surface area contributed by atoms with Gasteiger partial charge in [-0.05, 0) is 40.4 Å². The molecule has 76 valence electrons. The number of halogens is 2. The van der Waals surface area contributed by atoms with E-state index in [1.807, 2.05) is 6.07 Å². The van der Waals surface area contributed by atoms with Gasteiger partial charge in [0.1, 0.15) is 5.82 Å². The molecule has 1 aromatic carbocycles. The lowest BCUT2D eigenvalue weighted by atomic mass is 9.64. The minimum absolute atomic E-state index is 0.0287. The second-order valence-electron chi connectivity index (χ2n) is 3.94. The van der Waals surface area contributed by atoms with E-state index in [0.717, 1.165) is 18.4 Å². The van der Waals surface area contributed by atoms with Crippen LogP contribution in [0.5, 0.6) is 0 Å². The number of rotatable bonds is 2. The molecule has 1 aliphatic carbocycles. The predicted octanol–water partition coefficient (Wildman–Crippen LogP) is 2.97. The van der Waals surface area contributed by atoms with Gasteiger partial charge < -0.3 is 5.73 Å². The van der Waals surface area contributed by atoms with Crippen molar-refractivity contribution in [3.8, 4) is 0 Å². The molecule has 2 rings (SSSR count). The normalized spacial score (nSPS) is 19.1. The second kappa shape index (κ2) is 3.63. The maximum Gasteiger partial charge on any atom is 0.137 e. The zero-order chi connectivity index (χ0) is 10.2. The Hall–Kier alpha value is -0.410. The molecule has 0 aliphatic heterocycles. The first-order valence-corrected chi connectivity index (χ1v) is 5.63. The first kappa shape index (κ1) is 10.1. The van der Waals surface area contributed by atoms with E-state index in [9.17, 15) is 4.39 Å². The van der Waals surface area contributed by atoms with Gasteiger partial charge in [0, 0.05) is 12.0 Å². The predicted molar refractivity (Wildman–Crippen MR) is 58.7 cm³/mol. The Morgan fingerprint density at radius 3 is 2.64 bits per heavy atom. The Morgan fingerprint density at radius 2 is 2.14 bits per heavy atom. The quantitative estimate of drug-likeness (QED) is 0.867. The van der Waals surface area contributed by atoms with Gasteiger partial charge in [0.05, 0.1) is 4.47 Å². The molecular weight excluding hydrogens is 245 g/mol. The highest BCUT2D eigenvalue weighted by Crippen LogP contribution is 2.45. The van der Waals surface area contributed by atoms with E-state index in [1.165, 1.54) is 12.5 Å². The Morgan fingerprint density at radius 1 is 1.43 bits per heavy atom. The molecular formula is C11H13BrFN. The molecule has 2 N–H and O–H groups in total. The topological polar surface area (TPSA) is 26.0 Å². The monoisotopic (exact) mass is 257 g/mol. The van der Waals surface area contributed by atoms with Crippen molar-refractivity contribution in [2.24, 2.45) is 5.73 Å². The van der Waals surface area contributed by atoms with Gasteiger partial charge in [0.25, 0.3) is 0 Å². The van der Waals surface area contributed by atoms with Crippen LogP contribution < -0.4 is 5.73 Å². The van der Waals surface area contributed by atoms with E-state index in [2.05, 4.69) is 15.9 Å². The molecule has 0 aromatic heterocycles. The minimum Gasteiger partial charge on any atom is -0.330 e. The molecule has 1 fully saturated rings. The van der Waals surface area contributed by atoms with Crippen LogP contribution in [0.1, 0.15) is 24.8 Å². The summed E-state index contributed by atoms with van der Waals surface area (Å²) in [5.74, 6) is -0.192. The summed E-state index contributed by atoms with van der Waals surface area (Å²) >= 11 is 3.30.